The van der Waals surface area contributed by atoms with Gasteiger partial charge in [0, 0.05) is 37.0 Å². The second-order valence-corrected chi connectivity index (χ2v) is 5.06. The van der Waals surface area contributed by atoms with Crippen molar-refractivity contribution < 1.29 is 0 Å². The third-order valence-electron chi connectivity index (χ3n) is 2.80. The minimum Gasteiger partial charge on any atom is -0.369 e. The topological polar surface area (TPSA) is 42.2 Å². The lowest BCUT2D eigenvalue weighted by Gasteiger charge is -2.21. The molecule has 0 unspecified atom stereocenters. The van der Waals surface area contributed by atoms with Crippen molar-refractivity contribution in [3.05, 3.63) is 58.3 Å². The summed E-state index contributed by atoms with van der Waals surface area (Å²) >= 11 is 3.59. The monoisotopic (exact) mass is 305 g/mol. The fraction of sp³-hybridized carbons (Fsp3) is 0.214. The summed E-state index contributed by atoms with van der Waals surface area (Å²) in [6.07, 6.45) is 3.67. The summed E-state index contributed by atoms with van der Waals surface area (Å²) in [5, 5.41) is 0. The number of nitrogens with two attached hydrogens (primary N) is 1. The van der Waals surface area contributed by atoms with Gasteiger partial charge < -0.3 is 10.6 Å². The van der Waals surface area contributed by atoms with Crippen LogP contribution >= 0.6 is 15.9 Å². The van der Waals surface area contributed by atoms with E-state index in [4.69, 9.17) is 5.73 Å². The number of rotatable bonds is 4. The Hall–Kier alpha value is -1.39. The van der Waals surface area contributed by atoms with Gasteiger partial charge in [-0.15, -0.1) is 0 Å². The summed E-state index contributed by atoms with van der Waals surface area (Å²) in [5.41, 5.74) is 9.09. The number of hydrogen-bond acceptors (Lipinski definition) is 3. The Balaban J connectivity index is 2.16. The van der Waals surface area contributed by atoms with E-state index in [2.05, 4.69) is 57.1 Å². The largest absolute Gasteiger partial charge is 0.369 e. The first-order valence-electron chi connectivity index (χ1n) is 5.79. The molecule has 0 bridgehead atoms. The number of hydrogen-bond donors (Lipinski definition) is 1. The van der Waals surface area contributed by atoms with Crippen LogP contribution in [-0.4, -0.2) is 12.0 Å². The van der Waals surface area contributed by atoms with Gasteiger partial charge in [-0.25, -0.2) is 0 Å². The van der Waals surface area contributed by atoms with Crippen molar-refractivity contribution in [3.8, 4) is 0 Å². The highest BCUT2D eigenvalue weighted by Crippen LogP contribution is 2.27. The van der Waals surface area contributed by atoms with Gasteiger partial charge in [0.1, 0.15) is 0 Å². The predicted molar refractivity (Wildman–Crippen MR) is 78.4 cm³/mol. The predicted octanol–water partition coefficient (Wildman–Crippen LogP) is 2.94. The molecule has 94 valence electrons. The lowest BCUT2D eigenvalue weighted by atomic mass is 10.2. The molecule has 0 saturated heterocycles. The molecule has 2 rings (SSSR count). The minimum atomic E-state index is 0.561. The maximum atomic E-state index is 5.63. The molecule has 18 heavy (non-hydrogen) atoms. The fourth-order valence-electron chi connectivity index (χ4n) is 1.84. The highest BCUT2D eigenvalue weighted by Gasteiger charge is 2.07. The highest BCUT2D eigenvalue weighted by atomic mass is 79.9. The van der Waals surface area contributed by atoms with Crippen molar-refractivity contribution in [2.45, 2.75) is 13.1 Å². The maximum Gasteiger partial charge on any atom is 0.0511 e. The second kappa shape index (κ2) is 5.98. The van der Waals surface area contributed by atoms with Gasteiger partial charge in [0.15, 0.2) is 0 Å². The molecule has 0 atom stereocenters. The Morgan fingerprint density at radius 2 is 2.11 bits per heavy atom. The lowest BCUT2D eigenvalue weighted by Crippen LogP contribution is -2.17. The van der Waals surface area contributed by atoms with Crippen molar-refractivity contribution in [1.82, 2.24) is 4.98 Å². The van der Waals surface area contributed by atoms with E-state index in [-0.39, 0.29) is 0 Å². The summed E-state index contributed by atoms with van der Waals surface area (Å²) in [7, 11) is 2.06. The minimum absolute atomic E-state index is 0.561. The summed E-state index contributed by atoms with van der Waals surface area (Å²) in [5.74, 6) is 0. The molecule has 0 saturated carbocycles. The zero-order valence-electron chi connectivity index (χ0n) is 10.3. The Morgan fingerprint density at radius 3 is 2.72 bits per heavy atom. The molecule has 2 N–H and O–H groups in total. The van der Waals surface area contributed by atoms with Crippen LogP contribution in [0.25, 0.3) is 0 Å². The van der Waals surface area contributed by atoms with Crippen molar-refractivity contribution in [2.24, 2.45) is 5.73 Å². The van der Waals surface area contributed by atoms with Gasteiger partial charge in [-0.2, -0.15) is 0 Å². The van der Waals surface area contributed by atoms with Crippen molar-refractivity contribution >= 4 is 21.6 Å². The number of aromatic nitrogens is 1. The van der Waals surface area contributed by atoms with Gasteiger partial charge in [0.2, 0.25) is 0 Å². The molecular weight excluding hydrogens is 290 g/mol. The number of benzene rings is 1. The molecule has 4 heteroatoms. The standard InChI is InChI=1S/C14H16BrN3/c1-18(10-12-3-2-6-17-9-12)14-5-4-11(8-16)7-13(14)15/h2-7,9H,8,10,16H2,1H3. The van der Waals surface area contributed by atoms with E-state index in [1.54, 1.807) is 6.20 Å². The quantitative estimate of drug-likeness (QED) is 0.944. The van der Waals surface area contributed by atoms with Gasteiger partial charge in [-0.1, -0.05) is 12.1 Å². The molecule has 0 aliphatic heterocycles. The number of nitrogens with zero attached hydrogens (tertiary/aromatic N) is 2. The maximum absolute atomic E-state index is 5.63. The van der Waals surface area contributed by atoms with Gasteiger partial charge in [0.05, 0.1) is 5.69 Å². The first-order chi connectivity index (χ1) is 8.70. The normalized spacial score (nSPS) is 10.4. The summed E-state index contributed by atoms with van der Waals surface area (Å²) < 4.78 is 1.07. The van der Waals surface area contributed by atoms with E-state index in [1.165, 1.54) is 5.56 Å². The van der Waals surface area contributed by atoms with E-state index in [9.17, 15) is 0 Å². The Morgan fingerprint density at radius 1 is 1.28 bits per heavy atom. The van der Waals surface area contributed by atoms with Crippen LogP contribution in [0.15, 0.2) is 47.2 Å². The van der Waals surface area contributed by atoms with Crippen LogP contribution in [0, 0.1) is 0 Å². The molecule has 0 amide bonds. The molecule has 0 aliphatic rings. The molecule has 1 aromatic carbocycles. The molecular formula is C14H16BrN3. The third kappa shape index (κ3) is 3.09. The molecule has 0 aliphatic carbocycles. The summed E-state index contributed by atoms with van der Waals surface area (Å²) in [6, 6.07) is 10.2. The molecule has 1 aromatic heterocycles. The Bertz CT molecular complexity index is 514. The number of anilines is 1. The smallest absolute Gasteiger partial charge is 0.0511 e. The zero-order valence-corrected chi connectivity index (χ0v) is 11.9. The van der Waals surface area contributed by atoms with Crippen LogP contribution in [0.3, 0.4) is 0 Å². The SMILES string of the molecule is CN(Cc1cccnc1)c1ccc(CN)cc1Br. The van der Waals surface area contributed by atoms with Crippen LogP contribution in [0.4, 0.5) is 5.69 Å². The summed E-state index contributed by atoms with van der Waals surface area (Å²) in [4.78, 5) is 6.31. The summed E-state index contributed by atoms with van der Waals surface area (Å²) in [6.45, 7) is 1.39. The van der Waals surface area contributed by atoms with Crippen LogP contribution in [-0.2, 0) is 13.1 Å². The molecule has 0 spiro atoms. The number of pyridine rings is 1. The first-order valence-corrected chi connectivity index (χ1v) is 6.58. The van der Waals surface area contributed by atoms with E-state index in [0.717, 1.165) is 22.3 Å². The zero-order chi connectivity index (χ0) is 13.0. The van der Waals surface area contributed by atoms with Crippen LogP contribution < -0.4 is 10.6 Å². The van der Waals surface area contributed by atoms with Crippen molar-refractivity contribution in [1.29, 1.82) is 0 Å². The lowest BCUT2D eigenvalue weighted by molar-refractivity contribution is 0.910. The molecule has 1 heterocycles. The number of halogens is 1. The van der Waals surface area contributed by atoms with Gasteiger partial charge >= 0.3 is 0 Å². The molecule has 3 nitrogen and oxygen atoms in total. The third-order valence-corrected chi connectivity index (χ3v) is 3.44. The Labute approximate surface area is 116 Å². The van der Waals surface area contributed by atoms with E-state index >= 15 is 0 Å². The van der Waals surface area contributed by atoms with E-state index in [1.807, 2.05) is 12.3 Å². The first kappa shape index (κ1) is 13.1. The molecule has 2 aromatic rings. The average Bonchev–Trinajstić information content (AvgIpc) is 2.39. The van der Waals surface area contributed by atoms with E-state index in [0.29, 0.717) is 6.54 Å². The second-order valence-electron chi connectivity index (χ2n) is 4.21. The van der Waals surface area contributed by atoms with Gasteiger partial charge in [-0.3, -0.25) is 4.98 Å². The van der Waals surface area contributed by atoms with Gasteiger partial charge in [0.25, 0.3) is 0 Å². The van der Waals surface area contributed by atoms with E-state index < -0.39 is 0 Å². The van der Waals surface area contributed by atoms with Gasteiger partial charge in [-0.05, 0) is 45.3 Å². The van der Waals surface area contributed by atoms with Crippen molar-refractivity contribution in [2.75, 3.05) is 11.9 Å². The highest BCUT2D eigenvalue weighted by molar-refractivity contribution is 9.10. The average molecular weight is 306 g/mol. The Kier molecular flexibility index (Phi) is 4.33. The van der Waals surface area contributed by atoms with Crippen LogP contribution in [0.1, 0.15) is 11.1 Å². The molecule has 0 radical (unpaired) electrons. The molecule has 0 fully saturated rings. The van der Waals surface area contributed by atoms with Crippen LogP contribution in [0.2, 0.25) is 0 Å². The fourth-order valence-corrected chi connectivity index (χ4v) is 2.57. The van der Waals surface area contributed by atoms with Crippen LogP contribution in [0.5, 0.6) is 0 Å². The van der Waals surface area contributed by atoms with Crippen molar-refractivity contribution in [3.63, 3.8) is 0 Å².